The Hall–Kier alpha value is -2.32. The van der Waals surface area contributed by atoms with Crippen LogP contribution in [0.4, 0.5) is 13.2 Å². The highest BCUT2D eigenvalue weighted by Crippen LogP contribution is 2.34. The zero-order valence-electron chi connectivity index (χ0n) is 13.5. The molecule has 0 aliphatic rings. The van der Waals surface area contributed by atoms with Crippen molar-refractivity contribution in [2.45, 2.75) is 12.7 Å². The molecule has 2 heterocycles. The molecule has 136 valence electrons. The Labute approximate surface area is 156 Å². The van der Waals surface area contributed by atoms with E-state index in [1.54, 1.807) is 0 Å². The molecule has 1 aromatic carbocycles. The zero-order chi connectivity index (χ0) is 18.9. The Kier molecular flexibility index (Phi) is 5.06. The van der Waals surface area contributed by atoms with Crippen molar-refractivity contribution in [3.05, 3.63) is 69.1 Å². The maximum atomic E-state index is 13.7. The lowest BCUT2D eigenvalue weighted by atomic mass is 10.2. The average Bonchev–Trinajstić information content (AvgIpc) is 3.23. The van der Waals surface area contributed by atoms with Gasteiger partial charge < -0.3 is 4.90 Å². The number of hydrogen-bond donors (Lipinski definition) is 0. The summed E-state index contributed by atoms with van der Waals surface area (Å²) in [5, 5.41) is 6.02. The van der Waals surface area contributed by atoms with E-state index >= 15 is 0 Å². The van der Waals surface area contributed by atoms with Crippen LogP contribution in [-0.4, -0.2) is 27.6 Å². The lowest BCUT2D eigenvalue weighted by molar-refractivity contribution is -0.143. The van der Waals surface area contributed by atoms with E-state index in [0.717, 1.165) is 11.1 Å². The van der Waals surface area contributed by atoms with Crippen molar-refractivity contribution in [2.24, 2.45) is 0 Å². The van der Waals surface area contributed by atoms with Crippen LogP contribution in [0.3, 0.4) is 0 Å². The van der Waals surface area contributed by atoms with Gasteiger partial charge in [-0.05, 0) is 35.7 Å². The summed E-state index contributed by atoms with van der Waals surface area (Å²) in [6.07, 6.45) is -3.80. The fraction of sp³-hybridized carbons (Fsp3) is 0.176. The molecule has 3 rings (SSSR count). The standard InChI is InChI=1S/C17H13ClF3N3OS/c1-23(10-13-3-2-8-26-13)16(25)14-9-22-24(15(14)17(19,20)21)12-6-4-11(18)5-7-12/h2-9H,10H2,1H3. The fourth-order valence-electron chi connectivity index (χ4n) is 2.47. The Balaban J connectivity index is 1.99. The highest BCUT2D eigenvalue weighted by molar-refractivity contribution is 7.09. The maximum absolute atomic E-state index is 13.7. The van der Waals surface area contributed by atoms with Crippen molar-refractivity contribution in [3.8, 4) is 5.69 Å². The molecule has 0 aliphatic heterocycles. The fourth-order valence-corrected chi connectivity index (χ4v) is 3.35. The summed E-state index contributed by atoms with van der Waals surface area (Å²) < 4.78 is 41.7. The van der Waals surface area contributed by atoms with Crippen LogP contribution in [0.2, 0.25) is 5.02 Å². The lowest BCUT2D eigenvalue weighted by Crippen LogP contribution is -2.28. The van der Waals surface area contributed by atoms with Crippen molar-refractivity contribution in [2.75, 3.05) is 7.05 Å². The minimum absolute atomic E-state index is 0.168. The molecule has 26 heavy (non-hydrogen) atoms. The van der Waals surface area contributed by atoms with Gasteiger partial charge in [-0.1, -0.05) is 17.7 Å². The van der Waals surface area contributed by atoms with Gasteiger partial charge in [-0.2, -0.15) is 18.3 Å². The summed E-state index contributed by atoms with van der Waals surface area (Å²) >= 11 is 7.21. The number of rotatable bonds is 4. The van der Waals surface area contributed by atoms with E-state index in [4.69, 9.17) is 11.6 Å². The van der Waals surface area contributed by atoms with Crippen LogP contribution in [0, 0.1) is 0 Å². The summed E-state index contributed by atoms with van der Waals surface area (Å²) in [7, 11) is 1.46. The second kappa shape index (κ2) is 7.13. The summed E-state index contributed by atoms with van der Waals surface area (Å²) in [6, 6.07) is 9.38. The van der Waals surface area contributed by atoms with E-state index in [-0.39, 0.29) is 12.2 Å². The molecule has 0 saturated heterocycles. The van der Waals surface area contributed by atoms with Gasteiger partial charge in [0.25, 0.3) is 5.91 Å². The number of alkyl halides is 3. The van der Waals surface area contributed by atoms with Gasteiger partial charge in [0, 0.05) is 16.9 Å². The number of hydrogen-bond acceptors (Lipinski definition) is 3. The van der Waals surface area contributed by atoms with E-state index in [1.807, 2.05) is 17.5 Å². The molecular formula is C17H13ClF3N3OS. The summed E-state index contributed by atoms with van der Waals surface area (Å²) in [4.78, 5) is 14.7. The highest BCUT2D eigenvalue weighted by atomic mass is 35.5. The van der Waals surface area contributed by atoms with E-state index in [0.29, 0.717) is 9.70 Å². The van der Waals surface area contributed by atoms with Crippen LogP contribution in [0.5, 0.6) is 0 Å². The van der Waals surface area contributed by atoms with E-state index in [9.17, 15) is 18.0 Å². The number of benzene rings is 1. The monoisotopic (exact) mass is 399 g/mol. The van der Waals surface area contributed by atoms with E-state index in [1.165, 1.54) is 47.5 Å². The summed E-state index contributed by atoms with van der Waals surface area (Å²) in [5.41, 5.74) is -1.43. The first kappa shape index (κ1) is 18.5. The number of aromatic nitrogens is 2. The molecule has 0 atom stereocenters. The zero-order valence-corrected chi connectivity index (χ0v) is 15.1. The van der Waals surface area contributed by atoms with Crippen molar-refractivity contribution >= 4 is 28.8 Å². The third-order valence-corrected chi connectivity index (χ3v) is 4.77. The minimum atomic E-state index is -4.75. The van der Waals surface area contributed by atoms with Gasteiger partial charge in [-0.25, -0.2) is 4.68 Å². The third-order valence-electron chi connectivity index (χ3n) is 3.66. The van der Waals surface area contributed by atoms with Crippen LogP contribution in [0.25, 0.3) is 5.69 Å². The first-order chi connectivity index (χ1) is 12.3. The Morgan fingerprint density at radius 3 is 2.54 bits per heavy atom. The van der Waals surface area contributed by atoms with Gasteiger partial charge >= 0.3 is 6.18 Å². The van der Waals surface area contributed by atoms with Gasteiger partial charge in [-0.15, -0.1) is 11.3 Å². The first-order valence-corrected chi connectivity index (χ1v) is 8.72. The van der Waals surface area contributed by atoms with Crippen molar-refractivity contribution in [3.63, 3.8) is 0 Å². The van der Waals surface area contributed by atoms with E-state index in [2.05, 4.69) is 5.10 Å². The number of carbonyl (C=O) groups excluding carboxylic acids is 1. The molecule has 0 spiro atoms. The third kappa shape index (κ3) is 3.76. The Morgan fingerprint density at radius 2 is 1.96 bits per heavy atom. The second-order valence-corrected chi connectivity index (χ2v) is 7.00. The lowest BCUT2D eigenvalue weighted by Gasteiger charge is -2.18. The van der Waals surface area contributed by atoms with Crippen molar-refractivity contribution < 1.29 is 18.0 Å². The molecule has 0 unspecified atom stereocenters. The average molecular weight is 400 g/mol. The van der Waals surface area contributed by atoms with Gasteiger partial charge in [0.2, 0.25) is 0 Å². The molecule has 3 aromatic rings. The molecular weight excluding hydrogens is 387 g/mol. The van der Waals surface area contributed by atoms with Crippen LogP contribution in [0.15, 0.2) is 48.0 Å². The minimum Gasteiger partial charge on any atom is -0.336 e. The largest absolute Gasteiger partial charge is 0.434 e. The maximum Gasteiger partial charge on any atom is 0.434 e. The second-order valence-electron chi connectivity index (χ2n) is 5.53. The van der Waals surface area contributed by atoms with E-state index < -0.39 is 23.3 Å². The predicted octanol–water partition coefficient (Wildman–Crippen LogP) is 4.88. The van der Waals surface area contributed by atoms with Gasteiger partial charge in [0.1, 0.15) is 0 Å². The summed E-state index contributed by atoms with van der Waals surface area (Å²) in [5.74, 6) is -0.745. The molecule has 4 nitrogen and oxygen atoms in total. The molecule has 2 aromatic heterocycles. The Bertz CT molecular complexity index is 904. The number of carbonyl (C=O) groups is 1. The number of amides is 1. The Morgan fingerprint density at radius 1 is 1.27 bits per heavy atom. The molecule has 1 amide bonds. The van der Waals surface area contributed by atoms with Crippen molar-refractivity contribution in [1.29, 1.82) is 0 Å². The van der Waals surface area contributed by atoms with Crippen LogP contribution in [-0.2, 0) is 12.7 Å². The van der Waals surface area contributed by atoms with Crippen LogP contribution >= 0.6 is 22.9 Å². The smallest absolute Gasteiger partial charge is 0.336 e. The quantitative estimate of drug-likeness (QED) is 0.627. The molecule has 0 saturated carbocycles. The highest BCUT2D eigenvalue weighted by Gasteiger charge is 2.41. The SMILES string of the molecule is CN(Cc1cccs1)C(=O)c1cnn(-c2ccc(Cl)cc2)c1C(F)(F)F. The molecule has 0 fully saturated rings. The van der Waals surface area contributed by atoms with Crippen LogP contribution in [0.1, 0.15) is 20.9 Å². The van der Waals surface area contributed by atoms with Gasteiger partial charge in [0.05, 0.1) is 24.0 Å². The normalized spacial score (nSPS) is 11.6. The number of halogens is 4. The molecule has 0 aliphatic carbocycles. The number of nitrogens with zero attached hydrogens (tertiary/aromatic N) is 3. The number of thiophene rings is 1. The summed E-state index contributed by atoms with van der Waals surface area (Å²) in [6.45, 7) is 0.222. The molecule has 0 N–H and O–H groups in total. The topological polar surface area (TPSA) is 38.1 Å². The van der Waals surface area contributed by atoms with Crippen molar-refractivity contribution in [1.82, 2.24) is 14.7 Å². The molecule has 0 bridgehead atoms. The molecule has 9 heteroatoms. The van der Waals surface area contributed by atoms with Gasteiger partial charge in [-0.3, -0.25) is 4.79 Å². The first-order valence-electron chi connectivity index (χ1n) is 7.46. The van der Waals surface area contributed by atoms with Crippen LogP contribution < -0.4 is 0 Å². The molecule has 0 radical (unpaired) electrons. The predicted molar refractivity (Wildman–Crippen MR) is 93.7 cm³/mol. The van der Waals surface area contributed by atoms with Gasteiger partial charge in [0.15, 0.2) is 5.69 Å².